The molecule has 3 rings (SSSR count). The van der Waals surface area contributed by atoms with Crippen LogP contribution in [0.15, 0.2) is 54.6 Å². The third-order valence-corrected chi connectivity index (χ3v) is 6.20. The van der Waals surface area contributed by atoms with Crippen molar-refractivity contribution in [3.63, 3.8) is 0 Å². The first-order valence-electron chi connectivity index (χ1n) is 12.2. The van der Waals surface area contributed by atoms with Crippen LogP contribution in [0.2, 0.25) is 0 Å². The minimum atomic E-state index is 0.125. The van der Waals surface area contributed by atoms with Gasteiger partial charge in [-0.2, -0.15) is 0 Å². The van der Waals surface area contributed by atoms with E-state index in [-0.39, 0.29) is 17.2 Å². The van der Waals surface area contributed by atoms with E-state index in [0.717, 1.165) is 31.7 Å². The van der Waals surface area contributed by atoms with E-state index in [1.165, 1.54) is 11.1 Å². The zero-order valence-electron chi connectivity index (χ0n) is 20.4. The second-order valence-electron chi connectivity index (χ2n) is 9.83. The molecule has 1 fully saturated rings. The number of hydrogen-bond acceptors (Lipinski definition) is 3. The van der Waals surface area contributed by atoms with Crippen LogP contribution >= 0.6 is 0 Å². The molecule has 2 aromatic rings. The van der Waals surface area contributed by atoms with Crippen LogP contribution in [0.1, 0.15) is 57.6 Å². The first kappa shape index (κ1) is 24.8. The maximum absolute atomic E-state index is 12.7. The van der Waals surface area contributed by atoms with E-state index >= 15 is 0 Å². The van der Waals surface area contributed by atoms with Gasteiger partial charge < -0.3 is 14.5 Å². The highest BCUT2D eigenvalue weighted by molar-refractivity contribution is 5.78. The van der Waals surface area contributed by atoms with Crippen LogP contribution in [0.25, 0.3) is 0 Å². The molecule has 1 saturated heterocycles. The predicted octanol–water partition coefficient (Wildman–Crippen LogP) is 4.84. The van der Waals surface area contributed by atoms with Crippen LogP contribution in [0.4, 0.5) is 0 Å². The minimum Gasteiger partial charge on any atom is -0.494 e. The lowest BCUT2D eigenvalue weighted by molar-refractivity contribution is -0.133. The molecule has 1 heterocycles. The summed E-state index contributed by atoms with van der Waals surface area (Å²) in [5.41, 5.74) is 2.59. The standard InChI is InChI=1S/C28H38N2O3/c1-28(2,3)24-13-15-25(16-14-24)33-22-7-11-26(31)29-18-8-19-30(21-20-29)27(32)17-12-23-9-5-4-6-10-23/h4-6,9-10,13-16H,7-8,11-12,17-22H2,1-3H3. The Morgan fingerprint density at radius 2 is 1.42 bits per heavy atom. The number of aryl methyl sites for hydroxylation is 1. The molecule has 5 nitrogen and oxygen atoms in total. The van der Waals surface area contributed by atoms with Crippen molar-refractivity contribution in [2.24, 2.45) is 0 Å². The molecule has 2 amide bonds. The van der Waals surface area contributed by atoms with Gasteiger partial charge >= 0.3 is 0 Å². The molecule has 0 N–H and O–H groups in total. The maximum atomic E-state index is 12.7. The molecule has 1 aliphatic heterocycles. The lowest BCUT2D eigenvalue weighted by Gasteiger charge is -2.22. The quantitative estimate of drug-likeness (QED) is 0.541. The van der Waals surface area contributed by atoms with Crippen LogP contribution in [-0.2, 0) is 21.4 Å². The molecule has 0 radical (unpaired) electrons. The predicted molar refractivity (Wildman–Crippen MR) is 132 cm³/mol. The number of hydrogen-bond donors (Lipinski definition) is 0. The molecule has 1 aliphatic rings. The molecule has 33 heavy (non-hydrogen) atoms. The topological polar surface area (TPSA) is 49.9 Å². The summed E-state index contributed by atoms with van der Waals surface area (Å²) in [7, 11) is 0. The second kappa shape index (κ2) is 11.9. The number of benzene rings is 2. The largest absolute Gasteiger partial charge is 0.494 e. The monoisotopic (exact) mass is 450 g/mol. The van der Waals surface area contributed by atoms with E-state index in [2.05, 4.69) is 45.0 Å². The Balaban J connectivity index is 1.35. The van der Waals surface area contributed by atoms with E-state index in [0.29, 0.717) is 39.0 Å². The van der Waals surface area contributed by atoms with Gasteiger partial charge in [0.15, 0.2) is 0 Å². The molecule has 0 saturated carbocycles. The molecular formula is C28H38N2O3. The van der Waals surface area contributed by atoms with Crippen LogP contribution in [0.3, 0.4) is 0 Å². The second-order valence-corrected chi connectivity index (χ2v) is 9.83. The number of ether oxygens (including phenoxy) is 1. The average Bonchev–Trinajstić information content (AvgIpc) is 3.07. The average molecular weight is 451 g/mol. The Bertz CT molecular complexity index is 888. The van der Waals surface area contributed by atoms with E-state index in [4.69, 9.17) is 4.74 Å². The highest BCUT2D eigenvalue weighted by atomic mass is 16.5. The van der Waals surface area contributed by atoms with Crippen molar-refractivity contribution in [3.05, 3.63) is 65.7 Å². The Hall–Kier alpha value is -2.82. The zero-order chi connectivity index (χ0) is 23.7. The number of carbonyl (C=O) groups excluding carboxylic acids is 2. The highest BCUT2D eigenvalue weighted by Crippen LogP contribution is 2.24. The van der Waals surface area contributed by atoms with Crippen molar-refractivity contribution in [2.45, 2.75) is 58.3 Å². The molecule has 0 spiro atoms. The van der Waals surface area contributed by atoms with Gasteiger partial charge in [-0.3, -0.25) is 9.59 Å². The van der Waals surface area contributed by atoms with Crippen molar-refractivity contribution >= 4 is 11.8 Å². The summed E-state index contributed by atoms with van der Waals surface area (Å²) in [4.78, 5) is 29.1. The summed E-state index contributed by atoms with van der Waals surface area (Å²) in [6, 6.07) is 18.3. The Morgan fingerprint density at radius 3 is 2.03 bits per heavy atom. The van der Waals surface area contributed by atoms with Gasteiger partial charge in [0, 0.05) is 39.0 Å². The number of rotatable bonds is 8. The summed E-state index contributed by atoms with van der Waals surface area (Å²) >= 11 is 0. The Morgan fingerprint density at radius 1 is 0.818 bits per heavy atom. The lowest BCUT2D eigenvalue weighted by Crippen LogP contribution is -2.37. The van der Waals surface area contributed by atoms with Gasteiger partial charge in [0.05, 0.1) is 6.61 Å². The molecule has 0 aromatic heterocycles. The third-order valence-electron chi connectivity index (χ3n) is 6.20. The fourth-order valence-corrected chi connectivity index (χ4v) is 4.09. The van der Waals surface area contributed by atoms with Gasteiger partial charge in [-0.05, 0) is 47.9 Å². The van der Waals surface area contributed by atoms with Gasteiger partial charge in [-0.25, -0.2) is 0 Å². The van der Waals surface area contributed by atoms with E-state index < -0.39 is 0 Å². The smallest absolute Gasteiger partial charge is 0.222 e. The summed E-state index contributed by atoms with van der Waals surface area (Å²) in [5, 5.41) is 0. The van der Waals surface area contributed by atoms with Gasteiger partial charge in [0.2, 0.25) is 11.8 Å². The first-order chi connectivity index (χ1) is 15.8. The van der Waals surface area contributed by atoms with Gasteiger partial charge in [0.25, 0.3) is 0 Å². The van der Waals surface area contributed by atoms with Crippen LogP contribution in [0.5, 0.6) is 5.75 Å². The number of amides is 2. The first-order valence-corrected chi connectivity index (χ1v) is 12.2. The Kier molecular flexibility index (Phi) is 8.93. The lowest BCUT2D eigenvalue weighted by atomic mass is 9.87. The highest BCUT2D eigenvalue weighted by Gasteiger charge is 2.21. The molecule has 2 aromatic carbocycles. The zero-order valence-corrected chi connectivity index (χ0v) is 20.4. The van der Waals surface area contributed by atoms with Crippen molar-refractivity contribution in [1.82, 2.24) is 9.80 Å². The molecule has 0 bridgehead atoms. The molecule has 0 unspecified atom stereocenters. The molecular weight excluding hydrogens is 412 g/mol. The summed E-state index contributed by atoms with van der Waals surface area (Å²) in [6.45, 7) is 9.78. The fourth-order valence-electron chi connectivity index (χ4n) is 4.09. The van der Waals surface area contributed by atoms with Crippen molar-refractivity contribution < 1.29 is 14.3 Å². The summed E-state index contributed by atoms with van der Waals surface area (Å²) in [6.07, 6.45) is 3.28. The number of nitrogens with zero attached hydrogens (tertiary/aromatic N) is 2. The van der Waals surface area contributed by atoms with E-state index in [9.17, 15) is 9.59 Å². The van der Waals surface area contributed by atoms with E-state index in [1.807, 2.05) is 40.1 Å². The molecule has 178 valence electrons. The molecule has 5 heteroatoms. The molecule has 0 aliphatic carbocycles. The van der Waals surface area contributed by atoms with Crippen molar-refractivity contribution in [3.8, 4) is 5.75 Å². The van der Waals surface area contributed by atoms with Gasteiger partial charge in [0.1, 0.15) is 5.75 Å². The summed E-state index contributed by atoms with van der Waals surface area (Å²) < 4.78 is 5.82. The van der Waals surface area contributed by atoms with Gasteiger partial charge in [-0.1, -0.05) is 63.2 Å². The van der Waals surface area contributed by atoms with Crippen molar-refractivity contribution in [2.75, 3.05) is 32.8 Å². The Labute approximate surface area is 198 Å². The number of carbonyl (C=O) groups is 2. The van der Waals surface area contributed by atoms with Crippen LogP contribution < -0.4 is 4.74 Å². The SMILES string of the molecule is CC(C)(C)c1ccc(OCCCC(=O)N2CCCN(C(=O)CCc3ccccc3)CC2)cc1. The third kappa shape index (κ3) is 7.92. The maximum Gasteiger partial charge on any atom is 0.222 e. The molecule has 0 atom stereocenters. The van der Waals surface area contributed by atoms with E-state index in [1.54, 1.807) is 0 Å². The van der Waals surface area contributed by atoms with Crippen LogP contribution in [-0.4, -0.2) is 54.4 Å². The van der Waals surface area contributed by atoms with Gasteiger partial charge in [-0.15, -0.1) is 0 Å². The minimum absolute atomic E-state index is 0.125. The van der Waals surface area contributed by atoms with Crippen LogP contribution in [0, 0.1) is 0 Å². The van der Waals surface area contributed by atoms with Crippen molar-refractivity contribution in [1.29, 1.82) is 0 Å². The fraction of sp³-hybridized carbons (Fsp3) is 0.500. The summed E-state index contributed by atoms with van der Waals surface area (Å²) in [5.74, 6) is 1.18. The normalized spacial score (nSPS) is 14.6.